The zero-order valence-electron chi connectivity index (χ0n) is 15.6. The zero-order chi connectivity index (χ0) is 16.4. The molecular weight excluding hydrogens is 403 g/mol. The molecule has 0 spiro atoms. The van der Waals surface area contributed by atoms with E-state index >= 15 is 0 Å². The third-order valence-electron chi connectivity index (χ3n) is 4.12. The van der Waals surface area contributed by atoms with E-state index in [1.54, 1.807) is 7.11 Å². The maximum Gasteiger partial charge on any atom is 0.191 e. The van der Waals surface area contributed by atoms with E-state index in [1.807, 2.05) is 7.05 Å². The average molecular weight is 440 g/mol. The van der Waals surface area contributed by atoms with Crippen LogP contribution in [0.1, 0.15) is 46.5 Å². The summed E-state index contributed by atoms with van der Waals surface area (Å²) in [6.07, 6.45) is 5.10. The van der Waals surface area contributed by atoms with Crippen molar-refractivity contribution in [3.05, 3.63) is 0 Å². The summed E-state index contributed by atoms with van der Waals surface area (Å²) in [5.41, 5.74) is 0. The highest BCUT2D eigenvalue weighted by atomic mass is 127. The zero-order valence-corrected chi connectivity index (χ0v) is 17.9. The molecule has 0 amide bonds. The van der Waals surface area contributed by atoms with Gasteiger partial charge in [-0.25, -0.2) is 0 Å². The second kappa shape index (κ2) is 13.2. The van der Waals surface area contributed by atoms with Crippen molar-refractivity contribution in [3.63, 3.8) is 0 Å². The Bertz CT molecular complexity index is 322. The van der Waals surface area contributed by atoms with Crippen molar-refractivity contribution in [2.45, 2.75) is 58.5 Å². The SMILES string of the molecule is CN=C(NCCN(CCOC)C1CC1)NC(C)CCC(C)C.I. The second-order valence-corrected chi connectivity index (χ2v) is 6.78. The first kappa shape index (κ1) is 22.9. The standard InChI is InChI=1S/C17H36N4O.HI/c1-14(2)6-7-15(3)20-17(18-4)19-10-11-21(12-13-22-5)16-8-9-16;/h14-16H,6-13H2,1-5H3,(H2,18,19,20);1H. The van der Waals surface area contributed by atoms with Crippen LogP contribution in [0.15, 0.2) is 4.99 Å². The smallest absolute Gasteiger partial charge is 0.191 e. The van der Waals surface area contributed by atoms with Gasteiger partial charge >= 0.3 is 0 Å². The largest absolute Gasteiger partial charge is 0.383 e. The first-order valence-corrected chi connectivity index (χ1v) is 8.77. The van der Waals surface area contributed by atoms with E-state index in [2.05, 4.69) is 41.3 Å². The molecule has 138 valence electrons. The molecule has 5 nitrogen and oxygen atoms in total. The summed E-state index contributed by atoms with van der Waals surface area (Å²) >= 11 is 0. The fraction of sp³-hybridized carbons (Fsp3) is 0.941. The summed E-state index contributed by atoms with van der Waals surface area (Å²) in [7, 11) is 3.61. The Morgan fingerprint density at radius 3 is 2.43 bits per heavy atom. The van der Waals surface area contributed by atoms with Crippen molar-refractivity contribution in [1.82, 2.24) is 15.5 Å². The van der Waals surface area contributed by atoms with Crippen LogP contribution < -0.4 is 10.6 Å². The van der Waals surface area contributed by atoms with E-state index in [-0.39, 0.29) is 24.0 Å². The molecular formula is C17H37IN4O. The highest BCUT2D eigenvalue weighted by Gasteiger charge is 2.28. The van der Waals surface area contributed by atoms with Crippen molar-refractivity contribution in [1.29, 1.82) is 0 Å². The van der Waals surface area contributed by atoms with Gasteiger partial charge in [0.2, 0.25) is 0 Å². The minimum absolute atomic E-state index is 0. The van der Waals surface area contributed by atoms with E-state index in [1.165, 1.54) is 25.7 Å². The first-order valence-electron chi connectivity index (χ1n) is 8.77. The molecule has 6 heteroatoms. The van der Waals surface area contributed by atoms with Gasteiger partial charge in [0.1, 0.15) is 0 Å². The number of halogens is 1. The van der Waals surface area contributed by atoms with E-state index in [4.69, 9.17) is 4.74 Å². The van der Waals surface area contributed by atoms with Gasteiger partial charge in [-0.3, -0.25) is 9.89 Å². The van der Waals surface area contributed by atoms with Gasteiger partial charge in [0.25, 0.3) is 0 Å². The topological polar surface area (TPSA) is 48.9 Å². The Kier molecular flexibility index (Phi) is 13.2. The summed E-state index contributed by atoms with van der Waals surface area (Å²) in [6.45, 7) is 10.6. The van der Waals surface area contributed by atoms with Gasteiger partial charge in [-0.1, -0.05) is 13.8 Å². The number of aliphatic imine (C=N–C) groups is 1. The minimum atomic E-state index is 0. The predicted octanol–water partition coefficient (Wildman–Crippen LogP) is 2.70. The number of nitrogens with zero attached hydrogens (tertiary/aromatic N) is 2. The number of hydrogen-bond acceptors (Lipinski definition) is 3. The lowest BCUT2D eigenvalue weighted by Gasteiger charge is -2.23. The molecule has 1 saturated carbocycles. The fourth-order valence-electron chi connectivity index (χ4n) is 2.53. The van der Waals surface area contributed by atoms with Crippen LogP contribution in [0.3, 0.4) is 0 Å². The Hall–Kier alpha value is -0.0800. The van der Waals surface area contributed by atoms with Crippen molar-refractivity contribution in [3.8, 4) is 0 Å². The van der Waals surface area contributed by atoms with Crippen LogP contribution in [-0.4, -0.2) is 63.3 Å². The quantitative estimate of drug-likeness (QED) is 0.295. The van der Waals surface area contributed by atoms with Crippen LogP contribution in [0.25, 0.3) is 0 Å². The predicted molar refractivity (Wildman–Crippen MR) is 110 cm³/mol. The maximum absolute atomic E-state index is 5.20. The third-order valence-corrected chi connectivity index (χ3v) is 4.12. The average Bonchev–Trinajstić information content (AvgIpc) is 3.32. The molecule has 1 atom stereocenters. The maximum atomic E-state index is 5.20. The molecule has 1 aliphatic rings. The molecule has 23 heavy (non-hydrogen) atoms. The van der Waals surface area contributed by atoms with Crippen molar-refractivity contribution < 1.29 is 4.74 Å². The molecule has 0 heterocycles. The summed E-state index contributed by atoms with van der Waals surface area (Å²) in [5.74, 6) is 1.67. The Balaban J connectivity index is 0.00000484. The first-order chi connectivity index (χ1) is 10.6. The highest BCUT2D eigenvalue weighted by Crippen LogP contribution is 2.25. The Morgan fingerprint density at radius 2 is 1.91 bits per heavy atom. The molecule has 1 aliphatic carbocycles. The van der Waals surface area contributed by atoms with Crippen molar-refractivity contribution in [2.24, 2.45) is 10.9 Å². The number of ether oxygens (including phenoxy) is 1. The molecule has 2 N–H and O–H groups in total. The number of methoxy groups -OCH3 is 1. The van der Waals surface area contributed by atoms with Crippen LogP contribution in [0.4, 0.5) is 0 Å². The van der Waals surface area contributed by atoms with Gasteiger partial charge in [0.15, 0.2) is 5.96 Å². The lowest BCUT2D eigenvalue weighted by Crippen LogP contribution is -2.45. The molecule has 1 unspecified atom stereocenters. The van der Waals surface area contributed by atoms with Gasteiger partial charge in [-0.2, -0.15) is 0 Å². The second-order valence-electron chi connectivity index (χ2n) is 6.78. The lowest BCUT2D eigenvalue weighted by atomic mass is 10.0. The lowest BCUT2D eigenvalue weighted by molar-refractivity contribution is 0.144. The van der Waals surface area contributed by atoms with Gasteiger partial charge in [-0.15, -0.1) is 24.0 Å². The van der Waals surface area contributed by atoms with Crippen LogP contribution in [0, 0.1) is 5.92 Å². The molecule has 0 radical (unpaired) electrons. The number of rotatable bonds is 11. The molecule has 1 fully saturated rings. The van der Waals surface area contributed by atoms with Crippen LogP contribution in [-0.2, 0) is 4.74 Å². The number of nitrogens with one attached hydrogen (secondary N) is 2. The number of guanidine groups is 1. The van der Waals surface area contributed by atoms with Crippen molar-refractivity contribution in [2.75, 3.05) is 40.4 Å². The molecule has 0 saturated heterocycles. The van der Waals surface area contributed by atoms with Gasteiger partial charge < -0.3 is 15.4 Å². The Morgan fingerprint density at radius 1 is 1.22 bits per heavy atom. The molecule has 0 aromatic rings. The molecule has 0 aliphatic heterocycles. The minimum Gasteiger partial charge on any atom is -0.383 e. The van der Waals surface area contributed by atoms with Gasteiger partial charge in [0.05, 0.1) is 6.61 Å². The van der Waals surface area contributed by atoms with Crippen LogP contribution >= 0.6 is 24.0 Å². The summed E-state index contributed by atoms with van der Waals surface area (Å²) in [6, 6.07) is 1.23. The van der Waals surface area contributed by atoms with Gasteiger partial charge in [-0.05, 0) is 38.5 Å². The van der Waals surface area contributed by atoms with E-state index < -0.39 is 0 Å². The fourth-order valence-corrected chi connectivity index (χ4v) is 2.53. The normalized spacial score (nSPS) is 16.4. The number of hydrogen-bond donors (Lipinski definition) is 2. The van der Waals surface area contributed by atoms with E-state index in [0.29, 0.717) is 6.04 Å². The van der Waals surface area contributed by atoms with Gasteiger partial charge in [0, 0.05) is 45.9 Å². The van der Waals surface area contributed by atoms with Crippen LogP contribution in [0.5, 0.6) is 0 Å². The van der Waals surface area contributed by atoms with Crippen molar-refractivity contribution >= 4 is 29.9 Å². The highest BCUT2D eigenvalue weighted by molar-refractivity contribution is 14.0. The third kappa shape index (κ3) is 11.2. The van der Waals surface area contributed by atoms with E-state index in [9.17, 15) is 0 Å². The summed E-state index contributed by atoms with van der Waals surface area (Å²) in [4.78, 5) is 6.85. The molecule has 0 aromatic carbocycles. The summed E-state index contributed by atoms with van der Waals surface area (Å²) in [5, 5.41) is 6.91. The molecule has 0 bridgehead atoms. The monoisotopic (exact) mass is 440 g/mol. The Labute approximate surface area is 160 Å². The van der Waals surface area contributed by atoms with E-state index in [0.717, 1.165) is 44.2 Å². The molecule has 0 aromatic heterocycles. The summed E-state index contributed by atoms with van der Waals surface area (Å²) < 4.78 is 5.20. The molecule has 1 rings (SSSR count). The van der Waals surface area contributed by atoms with Crippen LogP contribution in [0.2, 0.25) is 0 Å².